The maximum absolute atomic E-state index is 12.0. The molecule has 0 spiro atoms. The number of hydrogen-bond acceptors (Lipinski definition) is 4. The number of hydrogen-bond donors (Lipinski definition) is 1. The van der Waals surface area contributed by atoms with Gasteiger partial charge in [0.1, 0.15) is 6.54 Å². The maximum atomic E-state index is 12.0. The minimum Gasteiger partial charge on any atom is -0.368 e. The fourth-order valence-corrected chi connectivity index (χ4v) is 2.26. The quantitative estimate of drug-likeness (QED) is 0.670. The molecule has 19 heavy (non-hydrogen) atoms. The number of rotatable bonds is 4. The maximum Gasteiger partial charge on any atom is 0.255 e. The van der Waals surface area contributed by atoms with E-state index in [-0.39, 0.29) is 12.1 Å². The van der Waals surface area contributed by atoms with E-state index in [9.17, 15) is 9.59 Å². The predicted octanol–water partition coefficient (Wildman–Crippen LogP) is 1.12. The molecule has 2 aromatic rings. The molecule has 0 unspecified atom stereocenters. The van der Waals surface area contributed by atoms with Gasteiger partial charge in [0.2, 0.25) is 5.91 Å². The molecule has 0 radical (unpaired) electrons. The highest BCUT2D eigenvalue weighted by Gasteiger charge is 2.10. The van der Waals surface area contributed by atoms with Gasteiger partial charge in [-0.25, -0.2) is 4.98 Å². The van der Waals surface area contributed by atoms with Gasteiger partial charge in [-0.15, -0.1) is 0 Å². The SMILES string of the molecule is CSc1nc(-c2ccccc2)cc(=O)n1CC(N)=O. The molecule has 5 nitrogen and oxygen atoms in total. The topological polar surface area (TPSA) is 78.0 Å². The van der Waals surface area contributed by atoms with Crippen molar-refractivity contribution in [3.8, 4) is 11.3 Å². The van der Waals surface area contributed by atoms with Crippen LogP contribution in [0, 0.1) is 0 Å². The Hall–Kier alpha value is -2.08. The van der Waals surface area contributed by atoms with Crippen LogP contribution in [0.2, 0.25) is 0 Å². The van der Waals surface area contributed by atoms with Gasteiger partial charge in [-0.2, -0.15) is 0 Å². The number of nitrogens with zero attached hydrogens (tertiary/aromatic N) is 2. The van der Waals surface area contributed by atoms with Crippen LogP contribution in [0.4, 0.5) is 0 Å². The van der Waals surface area contributed by atoms with Crippen LogP contribution >= 0.6 is 11.8 Å². The highest BCUT2D eigenvalue weighted by molar-refractivity contribution is 7.98. The van der Waals surface area contributed by atoms with Gasteiger partial charge < -0.3 is 5.73 Å². The number of primary amides is 1. The van der Waals surface area contributed by atoms with Gasteiger partial charge in [0.05, 0.1) is 5.69 Å². The molecule has 1 amide bonds. The second kappa shape index (κ2) is 5.71. The third-order valence-electron chi connectivity index (χ3n) is 2.54. The Morgan fingerprint density at radius 1 is 1.37 bits per heavy atom. The summed E-state index contributed by atoms with van der Waals surface area (Å²) >= 11 is 1.30. The van der Waals surface area contributed by atoms with E-state index in [1.807, 2.05) is 30.3 Å². The summed E-state index contributed by atoms with van der Waals surface area (Å²) < 4.78 is 1.28. The summed E-state index contributed by atoms with van der Waals surface area (Å²) in [6.07, 6.45) is 1.80. The van der Waals surface area contributed by atoms with Crippen molar-refractivity contribution < 1.29 is 4.79 Å². The van der Waals surface area contributed by atoms with E-state index in [1.54, 1.807) is 6.26 Å². The van der Waals surface area contributed by atoms with Gasteiger partial charge in [0.15, 0.2) is 5.16 Å². The lowest BCUT2D eigenvalue weighted by atomic mass is 10.1. The lowest BCUT2D eigenvalue weighted by Gasteiger charge is -2.10. The number of carbonyl (C=O) groups excluding carboxylic acids is 1. The minimum absolute atomic E-state index is 0.156. The Bertz CT molecular complexity index is 653. The first-order valence-corrected chi connectivity index (χ1v) is 6.84. The summed E-state index contributed by atoms with van der Waals surface area (Å²) in [5, 5.41) is 0.477. The van der Waals surface area contributed by atoms with Crippen LogP contribution in [0.3, 0.4) is 0 Å². The Kier molecular flexibility index (Phi) is 4.01. The fourth-order valence-electron chi connectivity index (χ4n) is 1.70. The summed E-state index contributed by atoms with van der Waals surface area (Å²) in [6.45, 7) is -0.156. The average molecular weight is 275 g/mol. The van der Waals surface area contributed by atoms with Crippen molar-refractivity contribution in [3.05, 3.63) is 46.8 Å². The monoisotopic (exact) mass is 275 g/mol. The van der Waals surface area contributed by atoms with Crippen LogP contribution in [0.1, 0.15) is 0 Å². The Morgan fingerprint density at radius 3 is 2.63 bits per heavy atom. The smallest absolute Gasteiger partial charge is 0.255 e. The number of amides is 1. The molecule has 0 atom stereocenters. The molecule has 0 saturated heterocycles. The molecule has 1 aromatic heterocycles. The standard InChI is InChI=1S/C13H13N3O2S/c1-19-13-15-10(9-5-3-2-4-6-9)7-12(18)16(13)8-11(14)17/h2-7H,8H2,1H3,(H2,14,17). The van der Waals surface area contributed by atoms with Crippen molar-refractivity contribution >= 4 is 17.7 Å². The molecule has 0 aliphatic heterocycles. The minimum atomic E-state index is -0.563. The zero-order valence-electron chi connectivity index (χ0n) is 10.4. The van der Waals surface area contributed by atoms with Crippen LogP contribution in [0.5, 0.6) is 0 Å². The molecule has 0 fully saturated rings. The van der Waals surface area contributed by atoms with Crippen molar-refractivity contribution in [2.24, 2.45) is 5.73 Å². The van der Waals surface area contributed by atoms with E-state index in [4.69, 9.17) is 5.73 Å². The van der Waals surface area contributed by atoms with Crippen LogP contribution in [0.15, 0.2) is 46.3 Å². The predicted molar refractivity (Wildman–Crippen MR) is 74.9 cm³/mol. The summed E-state index contributed by atoms with van der Waals surface area (Å²) in [7, 11) is 0. The molecule has 0 bridgehead atoms. The molecule has 2 rings (SSSR count). The molecule has 1 heterocycles. The molecule has 1 aromatic carbocycles. The zero-order valence-corrected chi connectivity index (χ0v) is 11.2. The Balaban J connectivity index is 2.54. The first-order valence-electron chi connectivity index (χ1n) is 5.61. The van der Waals surface area contributed by atoms with E-state index < -0.39 is 5.91 Å². The number of thioether (sulfide) groups is 1. The highest BCUT2D eigenvalue weighted by atomic mass is 32.2. The molecule has 0 saturated carbocycles. The molecule has 0 aliphatic rings. The van der Waals surface area contributed by atoms with Crippen molar-refractivity contribution in [3.63, 3.8) is 0 Å². The van der Waals surface area contributed by atoms with E-state index in [2.05, 4.69) is 4.98 Å². The van der Waals surface area contributed by atoms with Crippen molar-refractivity contribution in [1.29, 1.82) is 0 Å². The normalized spacial score (nSPS) is 10.4. The third kappa shape index (κ3) is 3.03. The molecule has 2 N–H and O–H groups in total. The van der Waals surface area contributed by atoms with Crippen LogP contribution in [-0.4, -0.2) is 21.7 Å². The first kappa shape index (κ1) is 13.4. The molecular weight excluding hydrogens is 262 g/mol. The van der Waals surface area contributed by atoms with E-state index in [0.29, 0.717) is 10.9 Å². The second-order valence-electron chi connectivity index (χ2n) is 3.88. The summed E-state index contributed by atoms with van der Waals surface area (Å²) in [4.78, 5) is 27.4. The van der Waals surface area contributed by atoms with Gasteiger partial charge in [-0.1, -0.05) is 42.1 Å². The number of nitrogens with two attached hydrogens (primary N) is 1. The lowest BCUT2D eigenvalue weighted by molar-refractivity contribution is -0.118. The third-order valence-corrected chi connectivity index (χ3v) is 3.22. The number of carbonyl (C=O) groups is 1. The highest BCUT2D eigenvalue weighted by Crippen LogP contribution is 2.18. The number of benzene rings is 1. The second-order valence-corrected chi connectivity index (χ2v) is 4.66. The molecule has 6 heteroatoms. The van der Waals surface area contributed by atoms with Crippen molar-refractivity contribution in [2.45, 2.75) is 11.7 Å². The summed E-state index contributed by atoms with van der Waals surface area (Å²) in [5.41, 5.74) is 6.31. The average Bonchev–Trinajstić information content (AvgIpc) is 2.41. The largest absolute Gasteiger partial charge is 0.368 e. The van der Waals surface area contributed by atoms with Gasteiger partial charge in [-0.05, 0) is 6.26 Å². The molecular formula is C13H13N3O2S. The fraction of sp³-hybridized carbons (Fsp3) is 0.154. The first-order chi connectivity index (χ1) is 9.11. The van der Waals surface area contributed by atoms with Gasteiger partial charge in [0.25, 0.3) is 5.56 Å². The summed E-state index contributed by atoms with van der Waals surface area (Å²) in [5.74, 6) is -0.563. The van der Waals surface area contributed by atoms with E-state index in [1.165, 1.54) is 22.4 Å². The Labute approximate surface area is 114 Å². The van der Waals surface area contributed by atoms with Crippen LogP contribution in [-0.2, 0) is 11.3 Å². The molecule has 98 valence electrons. The van der Waals surface area contributed by atoms with Crippen molar-refractivity contribution in [1.82, 2.24) is 9.55 Å². The number of aromatic nitrogens is 2. The van der Waals surface area contributed by atoms with E-state index in [0.717, 1.165) is 5.56 Å². The molecule has 0 aliphatic carbocycles. The van der Waals surface area contributed by atoms with Gasteiger partial charge >= 0.3 is 0 Å². The lowest BCUT2D eigenvalue weighted by Crippen LogP contribution is -2.29. The van der Waals surface area contributed by atoms with Gasteiger partial charge in [0, 0.05) is 11.6 Å². The Morgan fingerprint density at radius 2 is 2.05 bits per heavy atom. The summed E-state index contributed by atoms with van der Waals surface area (Å²) in [6, 6.07) is 10.8. The zero-order chi connectivity index (χ0) is 13.8. The van der Waals surface area contributed by atoms with Crippen molar-refractivity contribution in [2.75, 3.05) is 6.26 Å². The van der Waals surface area contributed by atoms with E-state index >= 15 is 0 Å². The van der Waals surface area contributed by atoms with Gasteiger partial charge in [-0.3, -0.25) is 14.2 Å². The van der Waals surface area contributed by atoms with Crippen LogP contribution in [0.25, 0.3) is 11.3 Å². The van der Waals surface area contributed by atoms with Crippen LogP contribution < -0.4 is 11.3 Å².